The van der Waals surface area contributed by atoms with Crippen molar-refractivity contribution in [2.75, 3.05) is 12.4 Å². The lowest BCUT2D eigenvalue weighted by atomic mass is 10.1. The SMILES string of the molecule is COc1cccc(/C=C2\N=C(c3ccc(NC(C)=O)cc3)OC2=O)c1OCc1cccc([N+](=O)[O-])c1. The molecule has 0 unspecified atom stereocenters. The minimum atomic E-state index is -0.636. The Hall–Kier alpha value is -4.99. The Morgan fingerprint density at radius 1 is 1.14 bits per heavy atom. The molecule has 182 valence electrons. The van der Waals surface area contributed by atoms with Crippen molar-refractivity contribution < 1.29 is 28.7 Å². The lowest BCUT2D eigenvalue weighted by Crippen LogP contribution is -2.07. The number of aliphatic imine (C=N–C) groups is 1. The Bertz CT molecular complexity index is 1390. The van der Waals surface area contributed by atoms with E-state index in [0.29, 0.717) is 33.9 Å². The molecule has 1 aliphatic rings. The molecule has 0 atom stereocenters. The molecule has 1 N–H and O–H groups in total. The van der Waals surface area contributed by atoms with Crippen LogP contribution in [0.3, 0.4) is 0 Å². The fourth-order valence-electron chi connectivity index (χ4n) is 3.46. The largest absolute Gasteiger partial charge is 0.493 e. The predicted octanol–water partition coefficient (Wildman–Crippen LogP) is 4.49. The monoisotopic (exact) mass is 487 g/mol. The fourth-order valence-corrected chi connectivity index (χ4v) is 3.46. The zero-order chi connectivity index (χ0) is 25.7. The Morgan fingerprint density at radius 2 is 1.89 bits per heavy atom. The van der Waals surface area contributed by atoms with Crippen molar-refractivity contribution in [1.29, 1.82) is 0 Å². The number of esters is 1. The van der Waals surface area contributed by atoms with Gasteiger partial charge in [0.05, 0.1) is 12.0 Å². The first-order valence-electron chi connectivity index (χ1n) is 10.8. The second kappa shape index (κ2) is 10.5. The van der Waals surface area contributed by atoms with Crippen molar-refractivity contribution in [3.8, 4) is 11.5 Å². The molecule has 10 nitrogen and oxygen atoms in total. The molecule has 0 fully saturated rings. The number of rotatable bonds is 8. The number of anilines is 1. The summed E-state index contributed by atoms with van der Waals surface area (Å²) in [4.78, 5) is 38.6. The van der Waals surface area contributed by atoms with E-state index in [0.717, 1.165) is 0 Å². The van der Waals surface area contributed by atoms with E-state index in [4.69, 9.17) is 14.2 Å². The van der Waals surface area contributed by atoms with Crippen molar-refractivity contribution in [2.24, 2.45) is 4.99 Å². The Morgan fingerprint density at radius 3 is 2.58 bits per heavy atom. The number of methoxy groups -OCH3 is 1. The average molecular weight is 487 g/mol. The Labute approximate surface area is 206 Å². The highest BCUT2D eigenvalue weighted by Crippen LogP contribution is 2.34. The number of nitrogens with zero attached hydrogens (tertiary/aromatic N) is 2. The van der Waals surface area contributed by atoms with Crippen LogP contribution in [0.25, 0.3) is 6.08 Å². The molecule has 3 aromatic rings. The number of nitro groups is 1. The number of benzene rings is 3. The van der Waals surface area contributed by atoms with Crippen LogP contribution in [-0.4, -0.2) is 29.8 Å². The van der Waals surface area contributed by atoms with Crippen LogP contribution >= 0.6 is 0 Å². The molecule has 36 heavy (non-hydrogen) atoms. The summed E-state index contributed by atoms with van der Waals surface area (Å²) in [6.45, 7) is 1.45. The van der Waals surface area contributed by atoms with E-state index in [1.54, 1.807) is 54.6 Å². The molecule has 0 bridgehead atoms. The van der Waals surface area contributed by atoms with Crippen molar-refractivity contribution in [1.82, 2.24) is 0 Å². The molecule has 10 heteroatoms. The molecule has 0 aliphatic carbocycles. The van der Waals surface area contributed by atoms with Gasteiger partial charge in [0.1, 0.15) is 6.61 Å². The predicted molar refractivity (Wildman–Crippen MR) is 132 cm³/mol. The van der Waals surface area contributed by atoms with Crippen LogP contribution in [0.1, 0.15) is 23.6 Å². The van der Waals surface area contributed by atoms with Gasteiger partial charge in [-0.2, -0.15) is 0 Å². The van der Waals surface area contributed by atoms with Crippen LogP contribution in [0.4, 0.5) is 11.4 Å². The first-order chi connectivity index (χ1) is 17.3. The summed E-state index contributed by atoms with van der Waals surface area (Å²) in [7, 11) is 1.48. The second-order valence-electron chi connectivity index (χ2n) is 7.69. The Kier molecular flexibility index (Phi) is 7.05. The zero-order valence-corrected chi connectivity index (χ0v) is 19.4. The number of para-hydroxylation sites is 1. The van der Waals surface area contributed by atoms with E-state index in [2.05, 4.69) is 10.3 Å². The highest BCUT2D eigenvalue weighted by Gasteiger charge is 2.25. The molecular weight excluding hydrogens is 466 g/mol. The number of hydrogen-bond acceptors (Lipinski definition) is 8. The van der Waals surface area contributed by atoms with Crippen molar-refractivity contribution in [2.45, 2.75) is 13.5 Å². The van der Waals surface area contributed by atoms with E-state index < -0.39 is 10.9 Å². The van der Waals surface area contributed by atoms with Gasteiger partial charge < -0.3 is 19.5 Å². The average Bonchev–Trinajstić information content (AvgIpc) is 3.23. The van der Waals surface area contributed by atoms with Gasteiger partial charge in [-0.3, -0.25) is 14.9 Å². The maximum Gasteiger partial charge on any atom is 0.363 e. The summed E-state index contributed by atoms with van der Waals surface area (Å²) in [5.74, 6) is 0.0550. The fraction of sp³-hybridized carbons (Fsp3) is 0.115. The van der Waals surface area contributed by atoms with Crippen LogP contribution in [0, 0.1) is 10.1 Å². The third-order valence-corrected chi connectivity index (χ3v) is 5.10. The highest BCUT2D eigenvalue weighted by atomic mass is 16.6. The smallest absolute Gasteiger partial charge is 0.363 e. The van der Waals surface area contributed by atoms with Crippen LogP contribution < -0.4 is 14.8 Å². The lowest BCUT2D eigenvalue weighted by molar-refractivity contribution is -0.384. The number of carbonyl (C=O) groups excluding carboxylic acids is 2. The first-order valence-corrected chi connectivity index (χ1v) is 10.8. The summed E-state index contributed by atoms with van der Waals surface area (Å²) >= 11 is 0. The van der Waals surface area contributed by atoms with Crippen molar-refractivity contribution in [3.63, 3.8) is 0 Å². The molecule has 0 spiro atoms. The van der Waals surface area contributed by atoms with E-state index in [-0.39, 0.29) is 29.8 Å². The van der Waals surface area contributed by atoms with Gasteiger partial charge in [-0.05, 0) is 42.0 Å². The zero-order valence-electron chi connectivity index (χ0n) is 19.4. The lowest BCUT2D eigenvalue weighted by Gasteiger charge is -2.13. The Balaban J connectivity index is 1.60. The summed E-state index contributed by atoms with van der Waals surface area (Å²) in [5, 5.41) is 13.7. The van der Waals surface area contributed by atoms with Crippen LogP contribution in [0.5, 0.6) is 11.5 Å². The summed E-state index contributed by atoms with van der Waals surface area (Å²) in [5.41, 5.74) is 2.29. The van der Waals surface area contributed by atoms with Crippen LogP contribution in [0.15, 0.2) is 77.4 Å². The highest BCUT2D eigenvalue weighted by molar-refractivity contribution is 6.13. The molecule has 0 saturated carbocycles. The number of amides is 1. The number of hydrogen-bond donors (Lipinski definition) is 1. The number of ether oxygens (including phenoxy) is 3. The summed E-state index contributed by atoms with van der Waals surface area (Å²) in [6.07, 6.45) is 1.52. The minimum absolute atomic E-state index is 0.0395. The maximum absolute atomic E-state index is 12.5. The molecule has 0 saturated heterocycles. The standard InChI is InChI=1S/C26H21N3O7/c1-16(30)27-20-11-9-18(10-12-20)25-28-22(26(31)36-25)14-19-6-4-8-23(34-2)24(19)35-15-17-5-3-7-21(13-17)29(32)33/h3-14H,15H2,1-2H3,(H,27,30)/b22-14-. The number of nitro benzene ring substituents is 1. The topological polar surface area (TPSA) is 129 Å². The summed E-state index contributed by atoms with van der Waals surface area (Å²) in [6, 6.07) is 18.0. The van der Waals surface area contributed by atoms with Gasteiger partial charge >= 0.3 is 5.97 Å². The van der Waals surface area contributed by atoms with Gasteiger partial charge in [0.25, 0.3) is 5.69 Å². The van der Waals surface area contributed by atoms with E-state index >= 15 is 0 Å². The van der Waals surface area contributed by atoms with Crippen LogP contribution in [0.2, 0.25) is 0 Å². The van der Waals surface area contributed by atoms with E-state index in [9.17, 15) is 19.7 Å². The minimum Gasteiger partial charge on any atom is -0.493 e. The maximum atomic E-state index is 12.5. The van der Waals surface area contributed by atoms with E-state index in [1.807, 2.05) is 0 Å². The van der Waals surface area contributed by atoms with E-state index in [1.165, 1.54) is 32.2 Å². The second-order valence-corrected chi connectivity index (χ2v) is 7.69. The number of cyclic esters (lactones) is 1. The normalized spacial score (nSPS) is 13.7. The molecule has 3 aromatic carbocycles. The molecule has 1 amide bonds. The summed E-state index contributed by atoms with van der Waals surface area (Å²) < 4.78 is 16.7. The first kappa shape index (κ1) is 24.1. The molecule has 4 rings (SSSR count). The number of nitrogens with one attached hydrogen (secondary N) is 1. The molecule has 0 radical (unpaired) electrons. The van der Waals surface area contributed by atoms with Crippen molar-refractivity contribution in [3.05, 3.63) is 99.2 Å². The van der Waals surface area contributed by atoms with Crippen molar-refractivity contribution >= 4 is 35.2 Å². The van der Waals surface area contributed by atoms with Gasteiger partial charge in [0, 0.05) is 35.9 Å². The van der Waals surface area contributed by atoms with Gasteiger partial charge in [0.15, 0.2) is 17.2 Å². The van der Waals surface area contributed by atoms with Gasteiger partial charge in [0.2, 0.25) is 11.8 Å². The van der Waals surface area contributed by atoms with Crippen LogP contribution in [-0.2, 0) is 20.9 Å². The quantitative estimate of drug-likeness (QED) is 0.215. The number of carbonyl (C=O) groups is 2. The van der Waals surface area contributed by atoms with Gasteiger partial charge in [-0.1, -0.05) is 24.3 Å². The molecule has 1 aliphatic heterocycles. The molecule has 0 aromatic heterocycles. The third kappa shape index (κ3) is 5.55. The molecule has 1 heterocycles. The number of non-ortho nitro benzene ring substituents is 1. The molecular formula is C26H21N3O7. The van der Waals surface area contributed by atoms with Gasteiger partial charge in [-0.25, -0.2) is 9.79 Å². The van der Waals surface area contributed by atoms with Gasteiger partial charge in [-0.15, -0.1) is 0 Å². The third-order valence-electron chi connectivity index (χ3n) is 5.10.